The molecule has 7 heteroatoms. The molecule has 1 amide bonds. The van der Waals surface area contributed by atoms with Crippen molar-refractivity contribution in [3.05, 3.63) is 77.3 Å². The molecular weight excluding hydrogens is 390 g/mol. The SMILES string of the molecule is CCCCOc1ccc(C2C(C(=O)Nc3ccc(C)cc3)=C(C)Nc3ncnn32)cc1. The first kappa shape index (κ1) is 20.7. The number of hydrogen-bond acceptors (Lipinski definition) is 5. The standard InChI is InChI=1S/C24H27N5O2/c1-4-5-14-31-20-12-8-18(9-13-20)22-21(17(3)27-24-25-15-26-29(22)24)23(30)28-19-10-6-16(2)7-11-19/h6-13,15,22H,4-5,14H2,1-3H3,(H,28,30)(H,25,26,27). The highest BCUT2D eigenvalue weighted by Crippen LogP contribution is 2.35. The predicted octanol–water partition coefficient (Wildman–Crippen LogP) is 4.69. The van der Waals surface area contributed by atoms with Crippen LogP contribution in [0.2, 0.25) is 0 Å². The van der Waals surface area contributed by atoms with E-state index < -0.39 is 6.04 Å². The first-order valence-electron chi connectivity index (χ1n) is 10.5. The molecule has 3 aromatic rings. The maximum absolute atomic E-state index is 13.3. The Labute approximate surface area is 182 Å². The monoisotopic (exact) mass is 417 g/mol. The number of fused-ring (bicyclic) bond motifs is 1. The molecule has 1 unspecified atom stereocenters. The van der Waals surface area contributed by atoms with Crippen LogP contribution in [0.5, 0.6) is 5.75 Å². The number of aryl methyl sites for hydroxylation is 1. The summed E-state index contributed by atoms with van der Waals surface area (Å²) in [5, 5.41) is 10.6. The van der Waals surface area contributed by atoms with E-state index in [1.807, 2.05) is 62.4 Å². The molecule has 4 rings (SSSR count). The number of nitrogens with one attached hydrogen (secondary N) is 2. The summed E-state index contributed by atoms with van der Waals surface area (Å²) < 4.78 is 7.53. The van der Waals surface area contributed by atoms with Crippen LogP contribution in [0.15, 0.2) is 66.1 Å². The van der Waals surface area contributed by atoms with Crippen LogP contribution < -0.4 is 15.4 Å². The fourth-order valence-corrected chi connectivity index (χ4v) is 3.61. The van der Waals surface area contributed by atoms with Gasteiger partial charge in [-0.3, -0.25) is 4.79 Å². The first-order valence-corrected chi connectivity index (χ1v) is 10.5. The van der Waals surface area contributed by atoms with Gasteiger partial charge < -0.3 is 15.4 Å². The number of carbonyl (C=O) groups is 1. The summed E-state index contributed by atoms with van der Waals surface area (Å²) in [5.41, 5.74) is 4.17. The summed E-state index contributed by atoms with van der Waals surface area (Å²) in [6.07, 6.45) is 3.60. The van der Waals surface area contributed by atoms with E-state index in [2.05, 4.69) is 27.6 Å². The van der Waals surface area contributed by atoms with Crippen LogP contribution in [0.25, 0.3) is 0 Å². The summed E-state index contributed by atoms with van der Waals surface area (Å²) in [6.45, 7) is 6.73. The highest BCUT2D eigenvalue weighted by atomic mass is 16.5. The fourth-order valence-electron chi connectivity index (χ4n) is 3.61. The second-order valence-electron chi connectivity index (χ2n) is 7.69. The predicted molar refractivity (Wildman–Crippen MR) is 121 cm³/mol. The van der Waals surface area contributed by atoms with E-state index in [0.717, 1.165) is 41.1 Å². The fraction of sp³-hybridized carbons (Fsp3) is 0.292. The van der Waals surface area contributed by atoms with Gasteiger partial charge in [0.25, 0.3) is 5.91 Å². The Balaban J connectivity index is 1.64. The van der Waals surface area contributed by atoms with Crippen LogP contribution in [-0.2, 0) is 4.79 Å². The molecule has 1 aromatic heterocycles. The number of ether oxygens (including phenoxy) is 1. The van der Waals surface area contributed by atoms with Gasteiger partial charge in [-0.1, -0.05) is 43.2 Å². The summed E-state index contributed by atoms with van der Waals surface area (Å²) in [5.74, 6) is 1.25. The Morgan fingerprint density at radius 1 is 1.13 bits per heavy atom. The van der Waals surface area contributed by atoms with Gasteiger partial charge in [0.2, 0.25) is 5.95 Å². The number of carbonyl (C=O) groups excluding carboxylic acids is 1. The lowest BCUT2D eigenvalue weighted by Crippen LogP contribution is -2.31. The molecule has 0 bridgehead atoms. The van der Waals surface area contributed by atoms with Gasteiger partial charge in [0, 0.05) is 11.4 Å². The summed E-state index contributed by atoms with van der Waals surface area (Å²) in [4.78, 5) is 17.6. The molecule has 31 heavy (non-hydrogen) atoms. The van der Waals surface area contributed by atoms with Crippen LogP contribution in [0.1, 0.15) is 43.9 Å². The smallest absolute Gasteiger partial charge is 0.255 e. The molecule has 7 nitrogen and oxygen atoms in total. The molecular formula is C24H27N5O2. The Morgan fingerprint density at radius 3 is 2.58 bits per heavy atom. The number of hydrogen-bond donors (Lipinski definition) is 2. The lowest BCUT2D eigenvalue weighted by atomic mass is 9.95. The van der Waals surface area contributed by atoms with Gasteiger partial charge >= 0.3 is 0 Å². The van der Waals surface area contributed by atoms with Crippen LogP contribution in [0.4, 0.5) is 11.6 Å². The minimum atomic E-state index is -0.395. The van der Waals surface area contributed by atoms with E-state index in [0.29, 0.717) is 18.1 Å². The van der Waals surface area contributed by atoms with Crippen LogP contribution in [-0.4, -0.2) is 27.3 Å². The minimum absolute atomic E-state index is 0.178. The van der Waals surface area contributed by atoms with Crippen molar-refractivity contribution in [3.8, 4) is 5.75 Å². The Kier molecular flexibility index (Phi) is 6.02. The van der Waals surface area contributed by atoms with Crippen LogP contribution in [0.3, 0.4) is 0 Å². The molecule has 2 aromatic carbocycles. The average molecular weight is 418 g/mol. The summed E-state index contributed by atoms with van der Waals surface area (Å²) >= 11 is 0. The molecule has 1 aliphatic heterocycles. The Bertz CT molecular complexity index is 1080. The second kappa shape index (κ2) is 9.04. The Hall–Kier alpha value is -3.61. The van der Waals surface area contributed by atoms with Crippen molar-refractivity contribution in [2.24, 2.45) is 0 Å². The third-order valence-corrected chi connectivity index (χ3v) is 5.31. The van der Waals surface area contributed by atoms with Crippen molar-refractivity contribution in [2.75, 3.05) is 17.2 Å². The average Bonchev–Trinajstić information content (AvgIpc) is 3.23. The number of aromatic nitrogens is 3. The molecule has 0 saturated carbocycles. The van der Waals surface area contributed by atoms with Crippen molar-refractivity contribution in [3.63, 3.8) is 0 Å². The molecule has 0 aliphatic carbocycles. The number of amides is 1. The largest absolute Gasteiger partial charge is 0.494 e. The number of unbranched alkanes of at least 4 members (excludes halogenated alkanes) is 1. The third kappa shape index (κ3) is 4.45. The van der Waals surface area contributed by atoms with E-state index in [4.69, 9.17) is 4.74 Å². The maximum Gasteiger partial charge on any atom is 0.255 e. The summed E-state index contributed by atoms with van der Waals surface area (Å²) in [6, 6.07) is 15.2. The van der Waals surface area contributed by atoms with E-state index in [1.165, 1.54) is 6.33 Å². The van der Waals surface area contributed by atoms with Gasteiger partial charge in [0.15, 0.2) is 0 Å². The van der Waals surface area contributed by atoms with Gasteiger partial charge in [-0.2, -0.15) is 10.1 Å². The number of anilines is 2. The van der Waals surface area contributed by atoms with Gasteiger partial charge in [0.1, 0.15) is 18.1 Å². The van der Waals surface area contributed by atoms with Gasteiger partial charge in [-0.25, -0.2) is 4.68 Å². The zero-order chi connectivity index (χ0) is 21.8. The van der Waals surface area contributed by atoms with E-state index in [-0.39, 0.29) is 5.91 Å². The molecule has 1 atom stereocenters. The zero-order valence-corrected chi connectivity index (χ0v) is 18.1. The molecule has 2 N–H and O–H groups in total. The van der Waals surface area contributed by atoms with E-state index >= 15 is 0 Å². The molecule has 2 heterocycles. The quantitative estimate of drug-likeness (QED) is 0.545. The van der Waals surface area contributed by atoms with Gasteiger partial charge in [0.05, 0.1) is 12.2 Å². The van der Waals surface area contributed by atoms with E-state index in [1.54, 1.807) is 4.68 Å². The van der Waals surface area contributed by atoms with Crippen molar-refractivity contribution in [1.82, 2.24) is 14.8 Å². The molecule has 1 aliphatic rings. The van der Waals surface area contributed by atoms with Crippen molar-refractivity contribution < 1.29 is 9.53 Å². The Morgan fingerprint density at radius 2 is 1.87 bits per heavy atom. The molecule has 0 fully saturated rings. The zero-order valence-electron chi connectivity index (χ0n) is 18.1. The maximum atomic E-state index is 13.3. The van der Waals surface area contributed by atoms with Crippen LogP contribution in [0, 0.1) is 6.92 Å². The van der Waals surface area contributed by atoms with Crippen molar-refractivity contribution >= 4 is 17.5 Å². The normalized spacial score (nSPS) is 15.3. The van der Waals surface area contributed by atoms with Crippen molar-refractivity contribution in [1.29, 1.82) is 0 Å². The lowest BCUT2D eigenvalue weighted by Gasteiger charge is -2.28. The molecule has 160 valence electrons. The molecule has 0 saturated heterocycles. The van der Waals surface area contributed by atoms with Crippen molar-refractivity contribution in [2.45, 2.75) is 39.7 Å². The second-order valence-corrected chi connectivity index (χ2v) is 7.69. The molecule has 0 radical (unpaired) electrons. The number of rotatable bonds is 7. The topological polar surface area (TPSA) is 81.1 Å². The first-order chi connectivity index (χ1) is 15.1. The lowest BCUT2D eigenvalue weighted by molar-refractivity contribution is -0.113. The number of benzene rings is 2. The highest BCUT2D eigenvalue weighted by molar-refractivity contribution is 6.06. The molecule has 0 spiro atoms. The van der Waals surface area contributed by atoms with Gasteiger partial charge in [-0.15, -0.1) is 0 Å². The van der Waals surface area contributed by atoms with E-state index in [9.17, 15) is 4.79 Å². The number of allylic oxidation sites excluding steroid dienone is 1. The third-order valence-electron chi connectivity index (χ3n) is 5.31. The minimum Gasteiger partial charge on any atom is -0.494 e. The van der Waals surface area contributed by atoms with Crippen LogP contribution >= 0.6 is 0 Å². The summed E-state index contributed by atoms with van der Waals surface area (Å²) in [7, 11) is 0. The number of nitrogens with zero attached hydrogens (tertiary/aromatic N) is 3. The highest BCUT2D eigenvalue weighted by Gasteiger charge is 2.33. The van der Waals surface area contributed by atoms with Gasteiger partial charge in [-0.05, 0) is 50.1 Å².